The molecule has 36 heavy (non-hydrogen) atoms. The van der Waals surface area contributed by atoms with E-state index in [4.69, 9.17) is 4.74 Å². The second kappa shape index (κ2) is 13.0. The van der Waals surface area contributed by atoms with Crippen LogP contribution in [-0.2, 0) is 4.79 Å². The number of piperidine rings is 1. The summed E-state index contributed by atoms with van der Waals surface area (Å²) in [6.07, 6.45) is 6.88. The van der Waals surface area contributed by atoms with Crippen LogP contribution < -0.4 is 4.74 Å². The largest absolute Gasteiger partial charge is 0.497 e. The Labute approximate surface area is 215 Å². The second-order valence-corrected chi connectivity index (χ2v) is 10.4. The minimum atomic E-state index is -1.13. The lowest BCUT2D eigenvalue weighted by Gasteiger charge is -2.38. The number of carboxylic acid groups (broad SMARTS) is 1. The van der Waals surface area contributed by atoms with Crippen LogP contribution in [0.5, 0.6) is 5.75 Å². The lowest BCUT2D eigenvalue weighted by Crippen LogP contribution is -2.42. The third-order valence-electron chi connectivity index (χ3n) is 6.95. The van der Waals surface area contributed by atoms with Crippen LogP contribution >= 0.6 is 11.8 Å². The summed E-state index contributed by atoms with van der Waals surface area (Å²) in [4.78, 5) is 26.5. The fourth-order valence-electron chi connectivity index (χ4n) is 5.09. The molecule has 1 N–H and O–H groups in total. The number of thioether (sulfide) groups is 1. The monoisotopic (exact) mass is 512 g/mol. The predicted octanol–water partition coefficient (Wildman–Crippen LogP) is 5.42. The summed E-state index contributed by atoms with van der Waals surface area (Å²) in [5, 5.41) is 11.2. The number of aliphatic carboxylic acids is 1. The van der Waals surface area contributed by atoms with Gasteiger partial charge in [-0.3, -0.25) is 9.78 Å². The van der Waals surface area contributed by atoms with Crippen molar-refractivity contribution in [1.82, 2.24) is 19.9 Å². The van der Waals surface area contributed by atoms with Gasteiger partial charge in [0, 0.05) is 36.5 Å². The summed E-state index contributed by atoms with van der Waals surface area (Å²) in [6.45, 7) is 2.60. The fourth-order valence-corrected chi connectivity index (χ4v) is 5.85. The van der Waals surface area contributed by atoms with Crippen molar-refractivity contribution in [1.29, 1.82) is 0 Å². The number of pyridine rings is 1. The average Bonchev–Trinajstić information content (AvgIpc) is 2.90. The fraction of sp³-hybridized carbons (Fsp3) is 0.481. The van der Waals surface area contributed by atoms with Gasteiger partial charge in [-0.2, -0.15) is 0 Å². The molecule has 1 unspecified atom stereocenters. The van der Waals surface area contributed by atoms with E-state index in [-0.39, 0.29) is 18.3 Å². The Morgan fingerprint density at radius 3 is 2.92 bits per heavy atom. The third kappa shape index (κ3) is 7.13. The lowest BCUT2D eigenvalue weighted by molar-refractivity contribution is -0.139. The van der Waals surface area contributed by atoms with Gasteiger partial charge in [-0.05, 0) is 86.5 Å². The van der Waals surface area contributed by atoms with Gasteiger partial charge < -0.3 is 14.7 Å². The first-order chi connectivity index (χ1) is 17.5. The lowest BCUT2D eigenvalue weighted by atomic mass is 9.79. The minimum Gasteiger partial charge on any atom is -0.497 e. The van der Waals surface area contributed by atoms with Crippen LogP contribution in [0.4, 0.5) is 4.39 Å². The van der Waals surface area contributed by atoms with E-state index < -0.39 is 12.1 Å². The quantitative estimate of drug-likeness (QED) is 0.196. The zero-order chi connectivity index (χ0) is 25.3. The Bertz CT molecular complexity index is 1140. The smallest absolute Gasteiger partial charge is 0.303 e. The zero-order valence-corrected chi connectivity index (χ0v) is 21.4. The van der Waals surface area contributed by atoms with E-state index >= 15 is 4.39 Å². The van der Waals surface area contributed by atoms with Gasteiger partial charge in [0.05, 0.1) is 17.7 Å². The average molecular weight is 513 g/mol. The van der Waals surface area contributed by atoms with E-state index in [0.29, 0.717) is 24.2 Å². The molecule has 4 rings (SSSR count). The van der Waals surface area contributed by atoms with Crippen LogP contribution in [0.15, 0.2) is 54.1 Å². The van der Waals surface area contributed by atoms with Crippen molar-refractivity contribution in [3.05, 3.63) is 54.6 Å². The maximum Gasteiger partial charge on any atom is 0.303 e. The standard InChI is InChI=1S/C27H33FN4O3S/c1-35-21-4-6-25-23(16-21)22(7-11-30-25)24(28)5-3-19-9-13-32(17-20(19)15-27(33)34)12-2-14-36-26-8-10-29-18-31-26/h4,6-8,10-11,16,18-20,24H,2-3,5,9,12-15,17H2,1H3,(H,33,34)/t19-,20+,24?/m1/s1. The molecule has 3 atom stereocenters. The number of nitrogens with zero attached hydrogens (tertiary/aromatic N) is 4. The van der Waals surface area contributed by atoms with E-state index in [1.54, 1.807) is 43.7 Å². The first kappa shape index (κ1) is 26.3. The van der Waals surface area contributed by atoms with E-state index in [1.807, 2.05) is 24.3 Å². The molecule has 3 aromatic rings. The van der Waals surface area contributed by atoms with Gasteiger partial charge in [0.15, 0.2) is 0 Å². The molecule has 1 aromatic carbocycles. The number of carboxylic acids is 1. The third-order valence-corrected chi connectivity index (χ3v) is 7.98. The molecular formula is C27H33FN4O3S. The molecule has 0 amide bonds. The maximum atomic E-state index is 15.5. The highest BCUT2D eigenvalue weighted by Gasteiger charge is 2.31. The van der Waals surface area contributed by atoms with E-state index in [1.165, 1.54) is 0 Å². The Hall–Kier alpha value is -2.78. The molecule has 0 aliphatic carbocycles. The number of rotatable bonds is 12. The van der Waals surface area contributed by atoms with E-state index in [2.05, 4.69) is 19.9 Å². The van der Waals surface area contributed by atoms with Crippen molar-refractivity contribution in [3.8, 4) is 5.75 Å². The van der Waals surface area contributed by atoms with Crippen LogP contribution in [-0.4, -0.2) is 63.4 Å². The SMILES string of the molecule is COc1ccc2nccc(C(F)CC[C@@H]3CCN(CCCSc4ccncn4)C[C@@H]3CC(=O)O)c2c1. The second-order valence-electron chi connectivity index (χ2n) is 9.29. The maximum absolute atomic E-state index is 15.5. The first-order valence-electron chi connectivity index (χ1n) is 12.4. The van der Waals surface area contributed by atoms with Crippen molar-refractivity contribution in [2.75, 3.05) is 32.5 Å². The Kier molecular flexibility index (Phi) is 9.47. The highest BCUT2D eigenvalue weighted by atomic mass is 32.2. The minimum absolute atomic E-state index is 0.0345. The molecule has 2 aromatic heterocycles. The van der Waals surface area contributed by atoms with Gasteiger partial charge in [0.1, 0.15) is 18.2 Å². The molecular weight excluding hydrogens is 479 g/mol. The number of ether oxygens (including phenoxy) is 1. The number of methoxy groups -OCH3 is 1. The molecule has 0 radical (unpaired) electrons. The van der Waals surface area contributed by atoms with E-state index in [9.17, 15) is 9.90 Å². The summed E-state index contributed by atoms with van der Waals surface area (Å²) in [6, 6.07) is 9.14. The van der Waals surface area contributed by atoms with Gasteiger partial charge in [-0.15, -0.1) is 11.8 Å². The summed E-state index contributed by atoms with van der Waals surface area (Å²) >= 11 is 1.71. The van der Waals surface area contributed by atoms with Crippen LogP contribution in [0.25, 0.3) is 10.9 Å². The molecule has 1 saturated heterocycles. The summed E-state index contributed by atoms with van der Waals surface area (Å²) in [5.74, 6) is 1.08. The molecule has 3 heterocycles. The van der Waals surface area contributed by atoms with Crippen molar-refractivity contribution in [2.24, 2.45) is 11.8 Å². The Morgan fingerprint density at radius 2 is 2.14 bits per heavy atom. The number of aromatic nitrogens is 3. The number of alkyl halides is 1. The topological polar surface area (TPSA) is 88.4 Å². The molecule has 9 heteroatoms. The van der Waals surface area contributed by atoms with Gasteiger partial charge in [-0.1, -0.05) is 0 Å². The van der Waals surface area contributed by atoms with Crippen LogP contribution in [0.1, 0.15) is 43.8 Å². The molecule has 0 spiro atoms. The molecule has 1 fully saturated rings. The molecule has 0 bridgehead atoms. The molecule has 1 aliphatic rings. The number of carbonyl (C=O) groups is 1. The van der Waals surface area contributed by atoms with Crippen LogP contribution in [0, 0.1) is 11.8 Å². The molecule has 0 saturated carbocycles. The first-order valence-corrected chi connectivity index (χ1v) is 13.4. The van der Waals surface area contributed by atoms with Gasteiger partial charge >= 0.3 is 5.97 Å². The normalized spacial score (nSPS) is 19.3. The number of benzene rings is 1. The summed E-state index contributed by atoms with van der Waals surface area (Å²) in [5.41, 5.74) is 1.36. The number of halogens is 1. The zero-order valence-electron chi connectivity index (χ0n) is 20.6. The van der Waals surface area contributed by atoms with Crippen LogP contribution in [0.3, 0.4) is 0 Å². The highest BCUT2D eigenvalue weighted by Crippen LogP contribution is 2.36. The Morgan fingerprint density at radius 1 is 1.25 bits per heavy atom. The van der Waals surface area contributed by atoms with Gasteiger partial charge in [-0.25, -0.2) is 14.4 Å². The summed E-state index contributed by atoms with van der Waals surface area (Å²) < 4.78 is 20.8. The summed E-state index contributed by atoms with van der Waals surface area (Å²) in [7, 11) is 1.59. The highest BCUT2D eigenvalue weighted by molar-refractivity contribution is 7.99. The van der Waals surface area contributed by atoms with Crippen molar-refractivity contribution >= 4 is 28.6 Å². The molecule has 1 aliphatic heterocycles. The Balaban J connectivity index is 1.31. The predicted molar refractivity (Wildman–Crippen MR) is 139 cm³/mol. The van der Waals surface area contributed by atoms with Crippen molar-refractivity contribution in [3.63, 3.8) is 0 Å². The van der Waals surface area contributed by atoms with Gasteiger partial charge in [0.25, 0.3) is 0 Å². The number of likely N-dealkylation sites (tertiary alicyclic amines) is 1. The molecule has 192 valence electrons. The molecule has 7 nitrogen and oxygen atoms in total. The number of fused-ring (bicyclic) bond motifs is 1. The van der Waals surface area contributed by atoms with Crippen LogP contribution in [0.2, 0.25) is 0 Å². The van der Waals surface area contributed by atoms with E-state index in [0.717, 1.165) is 54.2 Å². The number of hydrogen-bond acceptors (Lipinski definition) is 7. The van der Waals surface area contributed by atoms with Crippen molar-refractivity contribution in [2.45, 2.75) is 43.3 Å². The van der Waals surface area contributed by atoms with Gasteiger partial charge in [0.2, 0.25) is 0 Å². The number of hydrogen-bond donors (Lipinski definition) is 1. The van der Waals surface area contributed by atoms with Crippen molar-refractivity contribution < 1.29 is 19.0 Å².